The number of benzene rings is 1. The molecule has 0 spiro atoms. The van der Waals surface area contributed by atoms with E-state index in [9.17, 15) is 19.2 Å². The second-order valence-electron chi connectivity index (χ2n) is 7.49. The van der Waals surface area contributed by atoms with Crippen molar-refractivity contribution < 1.29 is 38.1 Å². The quantitative estimate of drug-likeness (QED) is 0.376. The number of methoxy groups -OCH3 is 1. The zero-order valence-electron chi connectivity index (χ0n) is 19.4. The van der Waals surface area contributed by atoms with Gasteiger partial charge in [0.25, 0.3) is 0 Å². The Labute approximate surface area is 188 Å². The topological polar surface area (TPSA) is 131 Å². The van der Waals surface area contributed by atoms with Crippen LogP contribution >= 0.6 is 0 Å². The molecule has 1 aromatic carbocycles. The number of ether oxygens (including phenoxy) is 4. The second kappa shape index (κ2) is 12.8. The van der Waals surface area contributed by atoms with Gasteiger partial charge in [0, 0.05) is 25.7 Å². The minimum absolute atomic E-state index is 0.0131. The van der Waals surface area contributed by atoms with Crippen molar-refractivity contribution in [2.45, 2.75) is 65.3 Å². The molecule has 0 aromatic heterocycles. The summed E-state index contributed by atoms with van der Waals surface area (Å²) in [5, 5.41) is 0. The fraction of sp³-hybridized carbons (Fsp3) is 0.565. The summed E-state index contributed by atoms with van der Waals surface area (Å²) < 4.78 is 20.6. The highest BCUT2D eigenvalue weighted by Crippen LogP contribution is 2.31. The Morgan fingerprint density at radius 2 is 1.59 bits per heavy atom. The standard InChI is InChI=1S/C23H33NO8/c1-6-15(4)21(27)30-12-11-23(24,22(28)29-5)14-16-9-10-17(31-19(25)7-2)18(13-16)32-20(26)8-3/h9-10,13,15H,6-8,11-12,14,24H2,1-5H3/t15?,23-/m1/s1. The molecule has 0 heterocycles. The highest BCUT2D eigenvalue weighted by molar-refractivity contribution is 5.81. The molecule has 0 fully saturated rings. The van der Waals surface area contributed by atoms with Crippen LogP contribution in [0.25, 0.3) is 0 Å². The normalized spacial score (nSPS) is 13.4. The Morgan fingerprint density at radius 1 is 1.00 bits per heavy atom. The molecule has 9 heteroatoms. The summed E-state index contributed by atoms with van der Waals surface area (Å²) >= 11 is 0. The number of hydrogen-bond donors (Lipinski definition) is 1. The van der Waals surface area contributed by atoms with Crippen LogP contribution in [-0.2, 0) is 35.1 Å². The molecule has 1 unspecified atom stereocenters. The Morgan fingerprint density at radius 3 is 2.12 bits per heavy atom. The lowest BCUT2D eigenvalue weighted by Gasteiger charge is -2.27. The van der Waals surface area contributed by atoms with Crippen molar-refractivity contribution in [1.82, 2.24) is 0 Å². The van der Waals surface area contributed by atoms with Crippen molar-refractivity contribution in [3.05, 3.63) is 23.8 Å². The zero-order chi connectivity index (χ0) is 24.3. The molecule has 2 N–H and O–H groups in total. The summed E-state index contributed by atoms with van der Waals surface area (Å²) in [4.78, 5) is 47.8. The lowest BCUT2D eigenvalue weighted by Crippen LogP contribution is -2.51. The fourth-order valence-electron chi connectivity index (χ4n) is 2.69. The Bertz CT molecular complexity index is 822. The van der Waals surface area contributed by atoms with Crippen molar-refractivity contribution >= 4 is 23.9 Å². The van der Waals surface area contributed by atoms with E-state index in [1.165, 1.54) is 19.2 Å². The molecule has 0 aliphatic rings. The molecule has 32 heavy (non-hydrogen) atoms. The third-order valence-corrected chi connectivity index (χ3v) is 4.95. The van der Waals surface area contributed by atoms with Gasteiger partial charge in [-0.3, -0.25) is 19.2 Å². The Kier molecular flexibility index (Phi) is 10.8. The van der Waals surface area contributed by atoms with Gasteiger partial charge in [-0.1, -0.05) is 33.8 Å². The number of esters is 4. The van der Waals surface area contributed by atoms with Gasteiger partial charge in [-0.25, -0.2) is 0 Å². The lowest BCUT2D eigenvalue weighted by molar-refractivity contribution is -0.153. The molecule has 0 amide bonds. The highest BCUT2D eigenvalue weighted by atomic mass is 16.6. The maximum absolute atomic E-state index is 12.4. The van der Waals surface area contributed by atoms with E-state index >= 15 is 0 Å². The first-order valence-electron chi connectivity index (χ1n) is 10.7. The average Bonchev–Trinajstić information content (AvgIpc) is 2.78. The van der Waals surface area contributed by atoms with Gasteiger partial charge < -0.3 is 24.7 Å². The maximum Gasteiger partial charge on any atom is 0.326 e. The first-order valence-corrected chi connectivity index (χ1v) is 10.7. The van der Waals surface area contributed by atoms with Crippen LogP contribution < -0.4 is 15.2 Å². The summed E-state index contributed by atoms with van der Waals surface area (Å²) in [7, 11) is 1.22. The molecule has 9 nitrogen and oxygen atoms in total. The van der Waals surface area contributed by atoms with Crippen molar-refractivity contribution in [3.8, 4) is 11.5 Å². The van der Waals surface area contributed by atoms with Gasteiger partial charge in [-0.15, -0.1) is 0 Å². The smallest absolute Gasteiger partial charge is 0.326 e. The van der Waals surface area contributed by atoms with E-state index < -0.39 is 23.4 Å². The van der Waals surface area contributed by atoms with Gasteiger partial charge in [-0.05, 0) is 24.1 Å². The van der Waals surface area contributed by atoms with Crippen molar-refractivity contribution in [2.24, 2.45) is 11.7 Å². The van der Waals surface area contributed by atoms with E-state index in [0.717, 1.165) is 0 Å². The number of rotatable bonds is 12. The van der Waals surface area contributed by atoms with E-state index in [-0.39, 0.29) is 55.7 Å². The fourth-order valence-corrected chi connectivity index (χ4v) is 2.69. The third-order valence-electron chi connectivity index (χ3n) is 4.95. The molecular weight excluding hydrogens is 418 g/mol. The first kappa shape index (κ1) is 27.1. The first-order chi connectivity index (χ1) is 15.1. The van der Waals surface area contributed by atoms with Gasteiger partial charge in [0.15, 0.2) is 11.5 Å². The molecule has 1 aromatic rings. The minimum Gasteiger partial charge on any atom is -0.468 e. The lowest BCUT2D eigenvalue weighted by atomic mass is 9.88. The molecule has 0 aliphatic heterocycles. The predicted molar refractivity (Wildman–Crippen MR) is 116 cm³/mol. The number of nitrogens with two attached hydrogens (primary N) is 1. The van der Waals surface area contributed by atoms with Crippen molar-refractivity contribution in [1.29, 1.82) is 0 Å². The van der Waals surface area contributed by atoms with Gasteiger partial charge in [-0.2, -0.15) is 0 Å². The molecule has 0 aliphatic carbocycles. The van der Waals surface area contributed by atoms with E-state index in [0.29, 0.717) is 12.0 Å². The summed E-state index contributed by atoms with van der Waals surface area (Å²) in [6.07, 6.45) is 0.942. The van der Waals surface area contributed by atoms with Crippen LogP contribution in [0, 0.1) is 5.92 Å². The average molecular weight is 452 g/mol. The number of hydrogen-bond acceptors (Lipinski definition) is 9. The van der Waals surface area contributed by atoms with E-state index in [2.05, 4.69) is 0 Å². The van der Waals surface area contributed by atoms with E-state index in [1.807, 2.05) is 6.92 Å². The largest absolute Gasteiger partial charge is 0.468 e. The van der Waals surface area contributed by atoms with Crippen LogP contribution in [0.5, 0.6) is 11.5 Å². The van der Waals surface area contributed by atoms with Gasteiger partial charge in [0.2, 0.25) is 0 Å². The molecule has 178 valence electrons. The maximum atomic E-state index is 12.4. The van der Waals surface area contributed by atoms with Crippen LogP contribution in [0.15, 0.2) is 18.2 Å². The zero-order valence-corrected chi connectivity index (χ0v) is 19.4. The molecule has 2 atom stereocenters. The minimum atomic E-state index is -1.49. The highest BCUT2D eigenvalue weighted by Gasteiger charge is 2.36. The third kappa shape index (κ3) is 7.96. The molecule has 0 saturated carbocycles. The van der Waals surface area contributed by atoms with E-state index in [4.69, 9.17) is 24.7 Å². The SMILES string of the molecule is CCC(=O)Oc1ccc(C[C@](N)(CCOC(=O)C(C)CC)C(=O)OC)cc1OC(=O)CC. The molecule has 0 bridgehead atoms. The summed E-state index contributed by atoms with van der Waals surface area (Å²) in [5.74, 6) is -2.16. The Hall–Kier alpha value is -2.94. The van der Waals surface area contributed by atoms with Crippen molar-refractivity contribution in [2.75, 3.05) is 13.7 Å². The van der Waals surface area contributed by atoms with Gasteiger partial charge >= 0.3 is 23.9 Å². The number of carbonyl (C=O) groups is 4. The molecule has 0 radical (unpaired) electrons. The van der Waals surface area contributed by atoms with Crippen LogP contribution in [0.2, 0.25) is 0 Å². The molecular formula is C23H33NO8. The van der Waals surface area contributed by atoms with E-state index in [1.54, 1.807) is 26.8 Å². The summed E-state index contributed by atoms with van der Waals surface area (Å²) in [6, 6.07) is 4.57. The summed E-state index contributed by atoms with van der Waals surface area (Å²) in [5.41, 5.74) is 5.39. The summed E-state index contributed by atoms with van der Waals surface area (Å²) in [6.45, 7) is 6.84. The Balaban J connectivity index is 3.10. The molecule has 1 rings (SSSR count). The second-order valence-corrected chi connectivity index (χ2v) is 7.49. The van der Waals surface area contributed by atoms with Crippen LogP contribution in [0.4, 0.5) is 0 Å². The van der Waals surface area contributed by atoms with Gasteiger partial charge in [0.05, 0.1) is 19.6 Å². The monoisotopic (exact) mass is 451 g/mol. The number of carbonyl (C=O) groups excluding carboxylic acids is 4. The van der Waals surface area contributed by atoms with Crippen LogP contribution in [-0.4, -0.2) is 43.1 Å². The molecule has 0 saturated heterocycles. The van der Waals surface area contributed by atoms with Crippen LogP contribution in [0.1, 0.15) is 58.9 Å². The van der Waals surface area contributed by atoms with Gasteiger partial charge in [0.1, 0.15) is 5.54 Å². The van der Waals surface area contributed by atoms with Crippen molar-refractivity contribution in [3.63, 3.8) is 0 Å². The van der Waals surface area contributed by atoms with Crippen LogP contribution in [0.3, 0.4) is 0 Å². The predicted octanol–water partition coefficient (Wildman–Crippen LogP) is 2.71.